The van der Waals surface area contributed by atoms with Crippen molar-refractivity contribution in [1.29, 1.82) is 0 Å². The third-order valence-corrected chi connectivity index (χ3v) is 3.00. The largest absolute Gasteiger partial charge is 0.299 e. The van der Waals surface area contributed by atoms with E-state index >= 15 is 0 Å². The molecule has 0 N–H and O–H groups in total. The van der Waals surface area contributed by atoms with Crippen LogP contribution in [0.2, 0.25) is 0 Å². The van der Waals surface area contributed by atoms with E-state index in [1.165, 1.54) is 0 Å². The summed E-state index contributed by atoms with van der Waals surface area (Å²) in [4.78, 5) is 16.0. The minimum absolute atomic E-state index is 0.123. The lowest BCUT2D eigenvalue weighted by Crippen LogP contribution is -2.08. The molecule has 1 heterocycles. The number of pyridine rings is 1. The maximum atomic E-state index is 11.6. The number of aryl methyl sites for hydroxylation is 1. The summed E-state index contributed by atoms with van der Waals surface area (Å²) in [6, 6.07) is 10.1. The van der Waals surface area contributed by atoms with Crippen molar-refractivity contribution in [3.8, 4) is 0 Å². The number of fused-ring (bicyclic) bond motifs is 1. The molecule has 2 heteroatoms. The van der Waals surface area contributed by atoms with Crippen LogP contribution >= 0.6 is 0 Å². The number of carbonyl (C=O) groups is 1. The second kappa shape index (κ2) is 5.09. The van der Waals surface area contributed by atoms with E-state index in [9.17, 15) is 4.79 Å². The first-order valence-electron chi connectivity index (χ1n) is 6.04. The molecule has 0 atom stereocenters. The topological polar surface area (TPSA) is 30.0 Å². The molecule has 0 fully saturated rings. The van der Waals surface area contributed by atoms with Gasteiger partial charge in [0.25, 0.3) is 0 Å². The van der Waals surface area contributed by atoms with Crippen LogP contribution < -0.4 is 0 Å². The van der Waals surface area contributed by atoms with E-state index in [1.54, 1.807) is 6.20 Å². The normalized spacial score (nSPS) is 11.0. The Morgan fingerprint density at radius 3 is 2.76 bits per heavy atom. The first kappa shape index (κ1) is 11.8. The molecular weight excluding hydrogens is 210 g/mol. The minimum atomic E-state index is 0.123. The highest BCUT2D eigenvalue weighted by molar-refractivity contribution is 5.84. The monoisotopic (exact) mass is 227 g/mol. The zero-order valence-corrected chi connectivity index (χ0v) is 10.3. The Bertz CT molecular complexity index is 526. The van der Waals surface area contributed by atoms with Crippen molar-refractivity contribution < 1.29 is 4.79 Å². The van der Waals surface area contributed by atoms with Crippen LogP contribution in [0.25, 0.3) is 10.9 Å². The minimum Gasteiger partial charge on any atom is -0.299 e. The van der Waals surface area contributed by atoms with Gasteiger partial charge in [-0.05, 0) is 18.1 Å². The fraction of sp³-hybridized carbons (Fsp3) is 0.333. The van der Waals surface area contributed by atoms with Crippen molar-refractivity contribution in [2.75, 3.05) is 0 Å². The first-order chi connectivity index (χ1) is 8.18. The van der Waals surface area contributed by atoms with Gasteiger partial charge in [-0.2, -0.15) is 0 Å². The molecule has 17 heavy (non-hydrogen) atoms. The van der Waals surface area contributed by atoms with Crippen LogP contribution in [0.1, 0.15) is 25.8 Å². The number of para-hydroxylation sites is 1. The Morgan fingerprint density at radius 1 is 1.24 bits per heavy atom. The van der Waals surface area contributed by atoms with Crippen LogP contribution in [-0.2, 0) is 11.2 Å². The predicted octanol–water partition coefficient (Wildman–Crippen LogP) is 3.39. The van der Waals surface area contributed by atoms with Gasteiger partial charge in [0.2, 0.25) is 0 Å². The highest BCUT2D eigenvalue weighted by Gasteiger charge is 2.08. The second-order valence-corrected chi connectivity index (χ2v) is 4.61. The molecular formula is C15H17NO. The van der Waals surface area contributed by atoms with E-state index in [2.05, 4.69) is 23.2 Å². The number of nitrogens with zero attached hydrogens (tertiary/aromatic N) is 1. The lowest BCUT2D eigenvalue weighted by atomic mass is 9.99. The van der Waals surface area contributed by atoms with Crippen molar-refractivity contribution in [3.05, 3.63) is 42.1 Å². The number of hydrogen-bond acceptors (Lipinski definition) is 2. The summed E-state index contributed by atoms with van der Waals surface area (Å²) in [5, 5.41) is 1.14. The van der Waals surface area contributed by atoms with Crippen LogP contribution in [0.15, 0.2) is 36.5 Å². The summed E-state index contributed by atoms with van der Waals surface area (Å²) in [6.45, 7) is 3.90. The Kier molecular flexibility index (Phi) is 3.52. The quantitative estimate of drug-likeness (QED) is 0.801. The van der Waals surface area contributed by atoms with Crippen LogP contribution in [0.5, 0.6) is 0 Å². The van der Waals surface area contributed by atoms with Crippen molar-refractivity contribution in [3.63, 3.8) is 0 Å². The first-order valence-corrected chi connectivity index (χ1v) is 6.04. The summed E-state index contributed by atoms with van der Waals surface area (Å²) in [7, 11) is 0. The molecule has 2 aromatic rings. The molecule has 0 saturated carbocycles. The van der Waals surface area contributed by atoms with Gasteiger partial charge in [-0.15, -0.1) is 0 Å². The molecule has 0 aliphatic heterocycles. The average Bonchev–Trinajstić information content (AvgIpc) is 2.35. The van der Waals surface area contributed by atoms with Crippen molar-refractivity contribution in [2.45, 2.75) is 26.7 Å². The SMILES string of the molecule is CC(C)C(=O)CCc1cccc2cccnc12. The number of benzene rings is 1. The average molecular weight is 227 g/mol. The molecule has 0 saturated heterocycles. The standard InChI is InChI=1S/C15H17NO/c1-11(2)14(17)9-8-13-6-3-5-12-7-4-10-16-15(12)13/h3-7,10-11H,8-9H2,1-2H3. The molecule has 1 aromatic carbocycles. The molecule has 0 radical (unpaired) electrons. The summed E-state index contributed by atoms with van der Waals surface area (Å²) >= 11 is 0. The third-order valence-electron chi connectivity index (χ3n) is 3.00. The van der Waals surface area contributed by atoms with Crippen molar-refractivity contribution in [2.24, 2.45) is 5.92 Å². The fourth-order valence-corrected chi connectivity index (χ4v) is 1.92. The molecule has 88 valence electrons. The maximum absolute atomic E-state index is 11.6. The molecule has 0 unspecified atom stereocenters. The van der Waals surface area contributed by atoms with Gasteiger partial charge in [-0.3, -0.25) is 9.78 Å². The Morgan fingerprint density at radius 2 is 2.00 bits per heavy atom. The molecule has 1 aromatic heterocycles. The number of ketones is 1. The van der Waals surface area contributed by atoms with E-state index in [-0.39, 0.29) is 5.92 Å². The van der Waals surface area contributed by atoms with E-state index in [0.29, 0.717) is 12.2 Å². The van der Waals surface area contributed by atoms with Gasteiger partial charge >= 0.3 is 0 Å². The van der Waals surface area contributed by atoms with Gasteiger partial charge in [0.15, 0.2) is 0 Å². The Balaban J connectivity index is 2.21. The molecule has 0 amide bonds. The molecule has 0 aliphatic rings. The van der Waals surface area contributed by atoms with E-state index < -0.39 is 0 Å². The summed E-state index contributed by atoms with van der Waals surface area (Å²) < 4.78 is 0. The van der Waals surface area contributed by atoms with Gasteiger partial charge in [-0.25, -0.2) is 0 Å². The second-order valence-electron chi connectivity index (χ2n) is 4.61. The molecule has 2 nitrogen and oxygen atoms in total. The summed E-state index contributed by atoms with van der Waals surface area (Å²) in [5.74, 6) is 0.441. The van der Waals surface area contributed by atoms with Crippen LogP contribution in [0, 0.1) is 5.92 Å². The van der Waals surface area contributed by atoms with Crippen LogP contribution in [0.4, 0.5) is 0 Å². The molecule has 0 aliphatic carbocycles. The Hall–Kier alpha value is -1.70. The molecule has 2 rings (SSSR count). The fourth-order valence-electron chi connectivity index (χ4n) is 1.92. The zero-order chi connectivity index (χ0) is 12.3. The van der Waals surface area contributed by atoms with Gasteiger partial charge in [0.05, 0.1) is 5.52 Å². The molecule has 0 spiro atoms. The lowest BCUT2D eigenvalue weighted by molar-refractivity contribution is -0.121. The van der Waals surface area contributed by atoms with Crippen molar-refractivity contribution in [1.82, 2.24) is 4.98 Å². The predicted molar refractivity (Wildman–Crippen MR) is 69.9 cm³/mol. The van der Waals surface area contributed by atoms with Crippen LogP contribution in [-0.4, -0.2) is 10.8 Å². The van der Waals surface area contributed by atoms with E-state index in [0.717, 1.165) is 22.9 Å². The van der Waals surface area contributed by atoms with Crippen LogP contribution in [0.3, 0.4) is 0 Å². The number of aromatic nitrogens is 1. The van der Waals surface area contributed by atoms with E-state index in [4.69, 9.17) is 0 Å². The van der Waals surface area contributed by atoms with E-state index in [1.807, 2.05) is 26.0 Å². The number of carbonyl (C=O) groups excluding carboxylic acids is 1. The van der Waals surface area contributed by atoms with Gasteiger partial charge in [0.1, 0.15) is 5.78 Å². The number of hydrogen-bond donors (Lipinski definition) is 0. The van der Waals surface area contributed by atoms with Crippen molar-refractivity contribution >= 4 is 16.7 Å². The summed E-state index contributed by atoms with van der Waals surface area (Å²) in [6.07, 6.45) is 3.19. The number of Topliss-reactive ketones (excluding diaryl/α,β-unsaturated/α-hetero) is 1. The van der Waals surface area contributed by atoms with Gasteiger partial charge in [-0.1, -0.05) is 38.1 Å². The smallest absolute Gasteiger partial charge is 0.135 e. The highest BCUT2D eigenvalue weighted by Crippen LogP contribution is 2.17. The Labute approximate surface area is 102 Å². The summed E-state index contributed by atoms with van der Waals surface area (Å²) in [5.41, 5.74) is 2.18. The third kappa shape index (κ3) is 2.70. The maximum Gasteiger partial charge on any atom is 0.135 e. The zero-order valence-electron chi connectivity index (χ0n) is 10.3. The van der Waals surface area contributed by atoms with Gasteiger partial charge < -0.3 is 0 Å². The molecule has 0 bridgehead atoms. The van der Waals surface area contributed by atoms with Gasteiger partial charge in [0, 0.05) is 23.9 Å². The highest BCUT2D eigenvalue weighted by atomic mass is 16.1. The lowest BCUT2D eigenvalue weighted by Gasteiger charge is -2.06. The number of rotatable bonds is 4.